The third-order valence-corrected chi connectivity index (χ3v) is 6.17. The molecule has 166 valence electrons. The van der Waals surface area contributed by atoms with E-state index in [1.165, 1.54) is 6.42 Å². The highest BCUT2D eigenvalue weighted by atomic mass is 16.3. The molecule has 8 heteroatoms. The van der Waals surface area contributed by atoms with E-state index >= 15 is 0 Å². The number of aryl methyl sites for hydroxylation is 2. The molecule has 3 aromatic rings. The van der Waals surface area contributed by atoms with Crippen LogP contribution in [-0.2, 0) is 19.5 Å². The van der Waals surface area contributed by atoms with Crippen LogP contribution in [0.15, 0.2) is 35.4 Å². The number of aliphatic hydroxyl groups excluding tert-OH is 1. The van der Waals surface area contributed by atoms with Crippen LogP contribution in [0.3, 0.4) is 0 Å². The van der Waals surface area contributed by atoms with Crippen LogP contribution in [0, 0.1) is 0 Å². The zero-order valence-electron chi connectivity index (χ0n) is 18.4. The van der Waals surface area contributed by atoms with Gasteiger partial charge in [-0.2, -0.15) is 9.61 Å². The van der Waals surface area contributed by atoms with Gasteiger partial charge in [-0.15, -0.1) is 0 Å². The molecule has 0 spiro atoms. The average molecular weight is 425 g/mol. The van der Waals surface area contributed by atoms with E-state index < -0.39 is 0 Å². The Morgan fingerprint density at radius 1 is 1.26 bits per heavy atom. The number of nitrogens with one attached hydrogen (secondary N) is 1. The Morgan fingerprint density at radius 2 is 2.13 bits per heavy atom. The van der Waals surface area contributed by atoms with Gasteiger partial charge in [0.05, 0.1) is 6.20 Å². The molecule has 3 aromatic heterocycles. The van der Waals surface area contributed by atoms with E-state index in [9.17, 15) is 9.90 Å². The van der Waals surface area contributed by atoms with Crippen molar-refractivity contribution < 1.29 is 5.11 Å². The number of anilines is 2. The van der Waals surface area contributed by atoms with Crippen LogP contribution in [0.2, 0.25) is 0 Å². The summed E-state index contributed by atoms with van der Waals surface area (Å²) < 4.78 is 3.53. The molecule has 1 aliphatic rings. The van der Waals surface area contributed by atoms with Gasteiger partial charge in [0.2, 0.25) is 0 Å². The predicted molar refractivity (Wildman–Crippen MR) is 123 cm³/mol. The van der Waals surface area contributed by atoms with Crippen LogP contribution in [0.1, 0.15) is 50.7 Å². The van der Waals surface area contributed by atoms with Crippen LogP contribution in [-0.4, -0.2) is 43.5 Å². The first-order chi connectivity index (χ1) is 15.1. The first-order valence-electron chi connectivity index (χ1n) is 11.3. The van der Waals surface area contributed by atoms with Gasteiger partial charge in [0.1, 0.15) is 11.6 Å². The van der Waals surface area contributed by atoms with Crippen molar-refractivity contribution in [1.82, 2.24) is 19.2 Å². The van der Waals surface area contributed by atoms with E-state index in [2.05, 4.69) is 22.2 Å². The molecular formula is C23H32N6O2. The fourth-order valence-electron chi connectivity index (χ4n) is 4.38. The normalized spacial score (nSPS) is 16.7. The van der Waals surface area contributed by atoms with Crippen molar-refractivity contribution in [1.29, 1.82) is 0 Å². The first kappa shape index (κ1) is 21.4. The number of aliphatic hydroxyl groups is 1. The summed E-state index contributed by atoms with van der Waals surface area (Å²) in [6.45, 7) is 6.39. The lowest BCUT2D eigenvalue weighted by molar-refractivity contribution is 0.262. The van der Waals surface area contributed by atoms with Gasteiger partial charge >= 0.3 is 0 Å². The number of nitrogens with zero attached hydrogens (tertiary/aromatic N) is 5. The van der Waals surface area contributed by atoms with E-state index in [0.29, 0.717) is 19.1 Å². The van der Waals surface area contributed by atoms with E-state index in [1.54, 1.807) is 10.6 Å². The average Bonchev–Trinajstić information content (AvgIpc) is 3.21. The van der Waals surface area contributed by atoms with Gasteiger partial charge < -0.3 is 19.9 Å². The lowest BCUT2D eigenvalue weighted by Gasteiger charge is -2.36. The van der Waals surface area contributed by atoms with Gasteiger partial charge in [-0.1, -0.05) is 6.92 Å². The summed E-state index contributed by atoms with van der Waals surface area (Å²) in [5, 5.41) is 17.6. The quantitative estimate of drug-likeness (QED) is 0.578. The summed E-state index contributed by atoms with van der Waals surface area (Å²) in [5.74, 6) is 1.78. The summed E-state index contributed by atoms with van der Waals surface area (Å²) in [7, 11) is 0. The van der Waals surface area contributed by atoms with Crippen LogP contribution in [0.4, 0.5) is 11.6 Å². The molecule has 1 unspecified atom stereocenters. The van der Waals surface area contributed by atoms with Gasteiger partial charge in [-0.05, 0) is 50.7 Å². The molecule has 1 fully saturated rings. The minimum Gasteiger partial charge on any atom is -0.396 e. The van der Waals surface area contributed by atoms with E-state index in [4.69, 9.17) is 4.98 Å². The lowest BCUT2D eigenvalue weighted by atomic mass is 9.99. The highest BCUT2D eigenvalue weighted by Crippen LogP contribution is 2.29. The van der Waals surface area contributed by atoms with E-state index in [-0.39, 0.29) is 12.2 Å². The second kappa shape index (κ2) is 9.51. The fraction of sp³-hybridized carbons (Fsp3) is 0.522. The highest BCUT2D eigenvalue weighted by Gasteiger charge is 2.24. The molecule has 0 bridgehead atoms. The summed E-state index contributed by atoms with van der Waals surface area (Å²) in [4.78, 5) is 19.5. The van der Waals surface area contributed by atoms with Crippen molar-refractivity contribution >= 4 is 17.3 Å². The summed E-state index contributed by atoms with van der Waals surface area (Å²) >= 11 is 0. The van der Waals surface area contributed by atoms with Crippen LogP contribution in [0.5, 0.6) is 0 Å². The molecule has 4 rings (SSSR count). The van der Waals surface area contributed by atoms with Gasteiger partial charge in [0.15, 0.2) is 5.65 Å². The third-order valence-electron chi connectivity index (χ3n) is 6.17. The lowest BCUT2D eigenvalue weighted by Crippen LogP contribution is -2.40. The van der Waals surface area contributed by atoms with E-state index in [0.717, 1.165) is 60.6 Å². The molecule has 2 N–H and O–H groups in total. The van der Waals surface area contributed by atoms with Gasteiger partial charge in [-0.25, -0.2) is 4.98 Å². The highest BCUT2D eigenvalue weighted by molar-refractivity contribution is 5.61. The summed E-state index contributed by atoms with van der Waals surface area (Å²) in [6, 6.07) is 6.00. The molecule has 0 radical (unpaired) electrons. The van der Waals surface area contributed by atoms with Gasteiger partial charge in [0.25, 0.3) is 5.56 Å². The number of piperidine rings is 1. The molecule has 1 atom stereocenters. The monoisotopic (exact) mass is 424 g/mol. The van der Waals surface area contributed by atoms with E-state index in [1.807, 2.05) is 36.0 Å². The number of hydrogen-bond donors (Lipinski definition) is 2. The maximum Gasteiger partial charge on any atom is 0.250 e. The van der Waals surface area contributed by atoms with Crippen molar-refractivity contribution in [3.63, 3.8) is 0 Å². The smallest absolute Gasteiger partial charge is 0.250 e. The molecule has 1 saturated heterocycles. The number of rotatable bonds is 8. The van der Waals surface area contributed by atoms with Crippen molar-refractivity contribution in [2.75, 3.05) is 23.4 Å². The molecule has 0 aromatic carbocycles. The van der Waals surface area contributed by atoms with Crippen LogP contribution >= 0.6 is 0 Å². The Bertz CT molecular complexity index is 1090. The second-order valence-electron chi connectivity index (χ2n) is 8.13. The molecule has 8 nitrogen and oxygen atoms in total. The number of pyridine rings is 1. The standard InChI is InChI=1S/C23H32N6O2/c1-3-18-16-25-29-20(24-15-17-8-11-27(4-2)22(31)13-17)14-21(26-23(18)29)28-10-6-5-7-19(28)9-12-30/h8,11,13-14,16,19,24,30H,3-7,9-10,12,15H2,1-2H3. The molecule has 0 saturated carbocycles. The Kier molecular flexibility index (Phi) is 6.56. The van der Waals surface area contributed by atoms with Crippen molar-refractivity contribution in [2.24, 2.45) is 0 Å². The number of fused-ring (bicyclic) bond motifs is 1. The van der Waals surface area contributed by atoms with Crippen molar-refractivity contribution in [2.45, 2.75) is 65.1 Å². The predicted octanol–water partition coefficient (Wildman–Crippen LogP) is 2.83. The maximum atomic E-state index is 12.2. The third kappa shape index (κ3) is 4.44. The molecule has 1 aliphatic heterocycles. The Balaban J connectivity index is 1.67. The van der Waals surface area contributed by atoms with Crippen molar-refractivity contribution in [3.8, 4) is 0 Å². The molecule has 0 amide bonds. The Labute approximate surface area is 182 Å². The van der Waals surface area contributed by atoms with Crippen molar-refractivity contribution in [3.05, 3.63) is 52.1 Å². The minimum absolute atomic E-state index is 0.00915. The SMILES string of the molecule is CCc1cnn2c(NCc3ccn(CC)c(=O)c3)cc(N3CCCCC3CCO)nc12. The van der Waals surface area contributed by atoms with Crippen LogP contribution < -0.4 is 15.8 Å². The molecule has 0 aliphatic carbocycles. The first-order valence-corrected chi connectivity index (χ1v) is 11.3. The maximum absolute atomic E-state index is 12.2. The zero-order chi connectivity index (χ0) is 21.8. The summed E-state index contributed by atoms with van der Waals surface area (Å²) in [6.07, 6.45) is 8.71. The largest absolute Gasteiger partial charge is 0.396 e. The second-order valence-corrected chi connectivity index (χ2v) is 8.13. The number of aromatic nitrogens is 4. The molecular weight excluding hydrogens is 392 g/mol. The molecule has 31 heavy (non-hydrogen) atoms. The number of hydrogen-bond acceptors (Lipinski definition) is 6. The minimum atomic E-state index is 0.00915. The Morgan fingerprint density at radius 3 is 2.87 bits per heavy atom. The molecule has 4 heterocycles. The van der Waals surface area contributed by atoms with Gasteiger partial charge in [-0.3, -0.25) is 4.79 Å². The zero-order valence-corrected chi connectivity index (χ0v) is 18.4. The van der Waals surface area contributed by atoms with Gasteiger partial charge in [0, 0.05) is 56.2 Å². The topological polar surface area (TPSA) is 87.7 Å². The fourth-order valence-corrected chi connectivity index (χ4v) is 4.38. The Hall–Kier alpha value is -2.87. The summed E-state index contributed by atoms with van der Waals surface area (Å²) in [5.41, 5.74) is 2.90. The van der Waals surface area contributed by atoms with Crippen LogP contribution in [0.25, 0.3) is 5.65 Å².